The highest BCUT2D eigenvalue weighted by atomic mass is 79.9. The van der Waals surface area contributed by atoms with Gasteiger partial charge in [0.05, 0.1) is 15.9 Å². The lowest BCUT2D eigenvalue weighted by molar-refractivity contribution is 0.845. The molecule has 1 atom stereocenters. The Kier molecular flexibility index (Phi) is 2.61. The zero-order chi connectivity index (χ0) is 11.0. The van der Waals surface area contributed by atoms with Gasteiger partial charge < -0.3 is 4.57 Å². The third kappa shape index (κ3) is 1.69. The predicted molar refractivity (Wildman–Crippen MR) is 64.3 cm³/mol. The quantitative estimate of drug-likeness (QED) is 0.743. The van der Waals surface area contributed by atoms with Crippen LogP contribution in [0.5, 0.6) is 0 Å². The number of aryl methyl sites for hydroxylation is 1. The van der Waals surface area contributed by atoms with Crippen LogP contribution in [0.25, 0.3) is 11.0 Å². The van der Waals surface area contributed by atoms with E-state index in [9.17, 15) is 4.79 Å². The summed E-state index contributed by atoms with van der Waals surface area (Å²) in [5.74, 6) is 0. The lowest BCUT2D eigenvalue weighted by Crippen LogP contribution is -2.23. The van der Waals surface area contributed by atoms with Crippen molar-refractivity contribution >= 4 is 27.0 Å². The van der Waals surface area contributed by atoms with Gasteiger partial charge in [-0.25, -0.2) is 4.98 Å². The summed E-state index contributed by atoms with van der Waals surface area (Å²) in [7, 11) is 1.77. The molecule has 15 heavy (non-hydrogen) atoms. The number of benzene rings is 1. The SMILES string of the molecule is CC(Br)c1nc2ccccc2n(C)c1=O. The Hall–Kier alpha value is -1.16. The molecule has 0 radical (unpaired) electrons. The Morgan fingerprint density at radius 2 is 2.07 bits per heavy atom. The highest BCUT2D eigenvalue weighted by molar-refractivity contribution is 9.09. The Morgan fingerprint density at radius 3 is 2.73 bits per heavy atom. The lowest BCUT2D eigenvalue weighted by Gasteiger charge is -2.08. The molecule has 1 aromatic heterocycles. The van der Waals surface area contributed by atoms with E-state index in [1.807, 2.05) is 31.2 Å². The van der Waals surface area contributed by atoms with Gasteiger partial charge in [-0.1, -0.05) is 28.1 Å². The van der Waals surface area contributed by atoms with Gasteiger partial charge in [0.1, 0.15) is 5.69 Å². The average Bonchev–Trinajstić information content (AvgIpc) is 2.23. The first-order valence-corrected chi connectivity index (χ1v) is 5.62. The molecule has 0 fully saturated rings. The summed E-state index contributed by atoms with van der Waals surface area (Å²) in [5, 5.41) is 0. The zero-order valence-corrected chi connectivity index (χ0v) is 10.2. The molecule has 0 aliphatic carbocycles. The smallest absolute Gasteiger partial charge is 0.273 e. The van der Waals surface area contributed by atoms with E-state index in [1.54, 1.807) is 11.6 Å². The number of hydrogen-bond donors (Lipinski definition) is 0. The molecule has 0 spiro atoms. The van der Waals surface area contributed by atoms with Crippen molar-refractivity contribution in [1.82, 2.24) is 9.55 Å². The highest BCUT2D eigenvalue weighted by Crippen LogP contribution is 2.18. The maximum absolute atomic E-state index is 11.9. The molecule has 0 amide bonds. The van der Waals surface area contributed by atoms with E-state index in [2.05, 4.69) is 20.9 Å². The van der Waals surface area contributed by atoms with E-state index in [1.165, 1.54) is 0 Å². The summed E-state index contributed by atoms with van der Waals surface area (Å²) < 4.78 is 1.63. The van der Waals surface area contributed by atoms with Gasteiger partial charge in [-0.15, -0.1) is 0 Å². The van der Waals surface area contributed by atoms with Gasteiger partial charge in [0.15, 0.2) is 0 Å². The maximum Gasteiger partial charge on any atom is 0.273 e. The van der Waals surface area contributed by atoms with E-state index < -0.39 is 0 Å². The number of rotatable bonds is 1. The van der Waals surface area contributed by atoms with E-state index in [0.29, 0.717) is 5.69 Å². The van der Waals surface area contributed by atoms with Crippen molar-refractivity contribution in [1.29, 1.82) is 0 Å². The molecule has 0 saturated heterocycles. The van der Waals surface area contributed by atoms with Crippen molar-refractivity contribution < 1.29 is 0 Å². The van der Waals surface area contributed by atoms with Crippen LogP contribution >= 0.6 is 15.9 Å². The Morgan fingerprint density at radius 1 is 1.40 bits per heavy atom. The highest BCUT2D eigenvalue weighted by Gasteiger charge is 2.11. The normalized spacial score (nSPS) is 13.0. The van der Waals surface area contributed by atoms with Gasteiger partial charge in [0.25, 0.3) is 5.56 Å². The Labute approximate surface area is 95.9 Å². The van der Waals surface area contributed by atoms with Crippen LogP contribution in [0.3, 0.4) is 0 Å². The number of hydrogen-bond acceptors (Lipinski definition) is 2. The molecule has 0 N–H and O–H groups in total. The van der Waals surface area contributed by atoms with E-state index in [-0.39, 0.29) is 10.4 Å². The van der Waals surface area contributed by atoms with Crippen molar-refractivity contribution in [3.05, 3.63) is 40.3 Å². The first-order valence-electron chi connectivity index (χ1n) is 4.71. The Balaban J connectivity index is 2.89. The molecule has 1 heterocycles. The molecule has 2 aromatic rings. The van der Waals surface area contributed by atoms with Crippen LogP contribution in [-0.4, -0.2) is 9.55 Å². The standard InChI is InChI=1S/C11H11BrN2O/c1-7(12)10-11(15)14(2)9-6-4-3-5-8(9)13-10/h3-7H,1-2H3. The second-order valence-corrected chi connectivity index (χ2v) is 4.84. The molecule has 1 unspecified atom stereocenters. The van der Waals surface area contributed by atoms with Gasteiger partial charge >= 0.3 is 0 Å². The summed E-state index contributed by atoms with van der Waals surface area (Å²) in [6.45, 7) is 1.90. The number of para-hydroxylation sites is 2. The van der Waals surface area contributed by atoms with Crippen molar-refractivity contribution in [3.8, 4) is 0 Å². The van der Waals surface area contributed by atoms with Crippen LogP contribution in [-0.2, 0) is 7.05 Å². The fraction of sp³-hybridized carbons (Fsp3) is 0.273. The van der Waals surface area contributed by atoms with Crippen LogP contribution in [0.2, 0.25) is 0 Å². The molecule has 4 heteroatoms. The first-order chi connectivity index (χ1) is 7.11. The largest absolute Gasteiger partial charge is 0.308 e. The third-order valence-electron chi connectivity index (χ3n) is 2.38. The van der Waals surface area contributed by atoms with Gasteiger partial charge in [0.2, 0.25) is 0 Å². The van der Waals surface area contributed by atoms with Gasteiger partial charge in [0, 0.05) is 7.05 Å². The van der Waals surface area contributed by atoms with Crippen molar-refractivity contribution in [2.45, 2.75) is 11.8 Å². The molecule has 0 bridgehead atoms. The van der Waals surface area contributed by atoms with E-state index in [4.69, 9.17) is 0 Å². The van der Waals surface area contributed by atoms with Crippen LogP contribution in [0.4, 0.5) is 0 Å². The first kappa shape index (κ1) is 10.4. The van der Waals surface area contributed by atoms with Gasteiger partial charge in [-0.05, 0) is 19.1 Å². The molecule has 0 saturated carbocycles. The van der Waals surface area contributed by atoms with E-state index in [0.717, 1.165) is 11.0 Å². The van der Waals surface area contributed by atoms with Gasteiger partial charge in [-0.2, -0.15) is 0 Å². The summed E-state index contributed by atoms with van der Waals surface area (Å²) in [6, 6.07) is 7.63. The molecular formula is C11H11BrN2O. The molecule has 0 aliphatic rings. The monoisotopic (exact) mass is 266 g/mol. The van der Waals surface area contributed by atoms with Crippen molar-refractivity contribution in [2.75, 3.05) is 0 Å². The number of alkyl halides is 1. The van der Waals surface area contributed by atoms with Gasteiger partial charge in [-0.3, -0.25) is 4.79 Å². The van der Waals surface area contributed by atoms with Crippen LogP contribution in [0, 0.1) is 0 Å². The van der Waals surface area contributed by atoms with Crippen molar-refractivity contribution in [3.63, 3.8) is 0 Å². The third-order valence-corrected chi connectivity index (χ3v) is 2.82. The number of aromatic nitrogens is 2. The minimum absolute atomic E-state index is 0.0270. The molecule has 78 valence electrons. The molecule has 0 aliphatic heterocycles. The minimum Gasteiger partial charge on any atom is -0.308 e. The second-order valence-electron chi connectivity index (χ2n) is 3.47. The minimum atomic E-state index is -0.0434. The number of halogens is 1. The summed E-state index contributed by atoms with van der Waals surface area (Å²) >= 11 is 3.38. The second kappa shape index (κ2) is 3.77. The number of nitrogens with zero attached hydrogens (tertiary/aromatic N) is 2. The lowest BCUT2D eigenvalue weighted by atomic mass is 10.2. The fourth-order valence-corrected chi connectivity index (χ4v) is 1.86. The molecular weight excluding hydrogens is 256 g/mol. The summed E-state index contributed by atoms with van der Waals surface area (Å²) in [4.78, 5) is 16.2. The summed E-state index contributed by atoms with van der Waals surface area (Å²) in [6.07, 6.45) is 0. The Bertz CT molecular complexity index is 560. The molecule has 1 aromatic carbocycles. The molecule has 3 nitrogen and oxygen atoms in total. The zero-order valence-electron chi connectivity index (χ0n) is 8.57. The van der Waals surface area contributed by atoms with Crippen LogP contribution in [0.15, 0.2) is 29.1 Å². The van der Waals surface area contributed by atoms with Crippen LogP contribution < -0.4 is 5.56 Å². The number of fused-ring (bicyclic) bond motifs is 1. The predicted octanol–water partition coefficient (Wildman–Crippen LogP) is 2.39. The fourth-order valence-electron chi connectivity index (χ4n) is 1.56. The molecule has 2 rings (SSSR count). The van der Waals surface area contributed by atoms with Crippen molar-refractivity contribution in [2.24, 2.45) is 7.05 Å². The average molecular weight is 267 g/mol. The van der Waals surface area contributed by atoms with E-state index >= 15 is 0 Å². The maximum atomic E-state index is 11.9. The van der Waals surface area contributed by atoms with Crippen LogP contribution in [0.1, 0.15) is 17.4 Å². The summed E-state index contributed by atoms with van der Waals surface area (Å²) in [5.41, 5.74) is 2.22. The topological polar surface area (TPSA) is 34.9 Å².